The van der Waals surface area contributed by atoms with E-state index in [1.807, 2.05) is 12.1 Å². The highest BCUT2D eigenvalue weighted by Gasteiger charge is 2.03. The van der Waals surface area contributed by atoms with Crippen molar-refractivity contribution in [2.75, 3.05) is 0 Å². The Bertz CT molecular complexity index is 626. The van der Waals surface area contributed by atoms with E-state index in [0.29, 0.717) is 22.9 Å². The predicted octanol–water partition coefficient (Wildman–Crippen LogP) is 3.41. The topological polar surface area (TPSA) is 59.4 Å². The number of carbonyl (C=O) groups is 1. The van der Waals surface area contributed by atoms with Crippen LogP contribution in [0.1, 0.15) is 11.1 Å². The number of nitrogens with zero attached hydrogens (tertiary/aromatic N) is 1. The van der Waals surface area contributed by atoms with Gasteiger partial charge in [0, 0.05) is 18.5 Å². The molecule has 0 bridgehead atoms. The Labute approximate surface area is 121 Å². The summed E-state index contributed by atoms with van der Waals surface area (Å²) < 4.78 is 5.60. The van der Waals surface area contributed by atoms with Crippen LogP contribution in [0.5, 0.6) is 5.75 Å². The molecule has 0 aliphatic heterocycles. The Morgan fingerprint density at radius 1 is 1.30 bits per heavy atom. The minimum atomic E-state index is -1.00. The molecular formula is C15H12ClNO3. The van der Waals surface area contributed by atoms with Gasteiger partial charge in [-0.15, -0.1) is 0 Å². The molecule has 0 saturated heterocycles. The maximum absolute atomic E-state index is 10.4. The largest absolute Gasteiger partial charge is 0.487 e. The van der Waals surface area contributed by atoms with Crippen LogP contribution in [0.15, 0.2) is 48.8 Å². The lowest BCUT2D eigenvalue weighted by molar-refractivity contribution is -0.131. The van der Waals surface area contributed by atoms with Crippen LogP contribution < -0.4 is 4.74 Å². The van der Waals surface area contributed by atoms with E-state index in [0.717, 1.165) is 11.6 Å². The molecule has 0 aliphatic rings. The van der Waals surface area contributed by atoms with Crippen molar-refractivity contribution < 1.29 is 14.6 Å². The number of rotatable bonds is 5. The number of aromatic nitrogens is 1. The SMILES string of the molecule is O=C(O)C=Cc1ccc(OCc2ccncc2)c(Cl)c1. The van der Waals surface area contributed by atoms with E-state index in [-0.39, 0.29) is 0 Å². The molecule has 0 fully saturated rings. The normalized spacial score (nSPS) is 10.7. The molecule has 1 aromatic carbocycles. The number of carboxylic acids is 1. The molecule has 0 atom stereocenters. The van der Waals surface area contributed by atoms with Gasteiger partial charge in [0.25, 0.3) is 0 Å². The van der Waals surface area contributed by atoms with Crippen molar-refractivity contribution in [3.63, 3.8) is 0 Å². The summed E-state index contributed by atoms with van der Waals surface area (Å²) in [5, 5.41) is 9.00. The maximum atomic E-state index is 10.4. The van der Waals surface area contributed by atoms with Gasteiger partial charge in [0.2, 0.25) is 0 Å². The first-order valence-electron chi connectivity index (χ1n) is 5.87. The number of carboxylic acid groups (broad SMARTS) is 1. The van der Waals surface area contributed by atoms with Gasteiger partial charge in [-0.25, -0.2) is 4.79 Å². The molecule has 1 N–H and O–H groups in total. The van der Waals surface area contributed by atoms with Crippen molar-refractivity contribution in [3.05, 3.63) is 65.0 Å². The maximum Gasteiger partial charge on any atom is 0.328 e. The third kappa shape index (κ3) is 4.10. The average Bonchev–Trinajstić information content (AvgIpc) is 2.45. The third-order valence-electron chi connectivity index (χ3n) is 2.52. The molecule has 0 saturated carbocycles. The van der Waals surface area contributed by atoms with Gasteiger partial charge in [0.15, 0.2) is 0 Å². The standard InChI is InChI=1S/C15H12ClNO3/c16-13-9-11(2-4-15(18)19)1-3-14(13)20-10-12-5-7-17-8-6-12/h1-9H,10H2,(H,18,19). The van der Waals surface area contributed by atoms with Crippen molar-refractivity contribution in [3.8, 4) is 5.75 Å². The molecule has 2 aromatic rings. The molecule has 0 amide bonds. The van der Waals surface area contributed by atoms with Gasteiger partial charge >= 0.3 is 5.97 Å². The van der Waals surface area contributed by atoms with E-state index in [1.54, 1.807) is 30.6 Å². The first-order chi connectivity index (χ1) is 9.65. The summed E-state index contributed by atoms with van der Waals surface area (Å²) in [6.07, 6.45) is 5.92. The van der Waals surface area contributed by atoms with Crippen molar-refractivity contribution in [2.45, 2.75) is 6.61 Å². The number of benzene rings is 1. The predicted molar refractivity (Wildman–Crippen MR) is 76.7 cm³/mol. The highest BCUT2D eigenvalue weighted by molar-refractivity contribution is 6.32. The molecule has 5 heteroatoms. The molecular weight excluding hydrogens is 278 g/mol. The first kappa shape index (κ1) is 14.1. The van der Waals surface area contributed by atoms with Crippen LogP contribution in [0.3, 0.4) is 0 Å². The Morgan fingerprint density at radius 2 is 2.05 bits per heavy atom. The van der Waals surface area contributed by atoms with Crippen molar-refractivity contribution in [1.82, 2.24) is 4.98 Å². The lowest BCUT2D eigenvalue weighted by Gasteiger charge is -2.08. The van der Waals surface area contributed by atoms with E-state index in [9.17, 15) is 4.79 Å². The second-order valence-electron chi connectivity index (χ2n) is 4.01. The van der Waals surface area contributed by atoms with Crippen LogP contribution >= 0.6 is 11.6 Å². The first-order valence-corrected chi connectivity index (χ1v) is 6.25. The van der Waals surface area contributed by atoms with E-state index in [4.69, 9.17) is 21.4 Å². The van der Waals surface area contributed by atoms with E-state index < -0.39 is 5.97 Å². The Hall–Kier alpha value is -2.33. The highest BCUT2D eigenvalue weighted by Crippen LogP contribution is 2.26. The minimum absolute atomic E-state index is 0.395. The van der Waals surface area contributed by atoms with Gasteiger partial charge in [-0.2, -0.15) is 0 Å². The van der Waals surface area contributed by atoms with E-state index in [2.05, 4.69) is 4.98 Å². The molecule has 2 rings (SSSR count). The summed E-state index contributed by atoms with van der Waals surface area (Å²) in [6.45, 7) is 0.395. The van der Waals surface area contributed by atoms with Crippen LogP contribution in [0.25, 0.3) is 6.08 Å². The zero-order valence-electron chi connectivity index (χ0n) is 10.5. The van der Waals surface area contributed by atoms with Crippen LogP contribution in [0.4, 0.5) is 0 Å². The Balaban J connectivity index is 2.04. The molecule has 0 aliphatic carbocycles. The smallest absolute Gasteiger partial charge is 0.328 e. The molecule has 1 aromatic heterocycles. The summed E-state index contributed by atoms with van der Waals surface area (Å²) in [6, 6.07) is 8.83. The number of hydrogen-bond acceptors (Lipinski definition) is 3. The number of halogens is 1. The van der Waals surface area contributed by atoms with Gasteiger partial charge in [-0.1, -0.05) is 17.7 Å². The quantitative estimate of drug-likeness (QED) is 0.857. The third-order valence-corrected chi connectivity index (χ3v) is 2.81. The molecule has 4 nitrogen and oxygen atoms in total. The van der Waals surface area contributed by atoms with Gasteiger partial charge < -0.3 is 9.84 Å². The second kappa shape index (κ2) is 6.73. The van der Waals surface area contributed by atoms with Crippen LogP contribution in [-0.2, 0) is 11.4 Å². The zero-order valence-corrected chi connectivity index (χ0v) is 11.2. The van der Waals surface area contributed by atoms with Crippen LogP contribution in [0, 0.1) is 0 Å². The molecule has 20 heavy (non-hydrogen) atoms. The highest BCUT2D eigenvalue weighted by atomic mass is 35.5. The van der Waals surface area contributed by atoms with E-state index >= 15 is 0 Å². The van der Waals surface area contributed by atoms with Crippen LogP contribution in [0.2, 0.25) is 5.02 Å². The van der Waals surface area contributed by atoms with Crippen molar-refractivity contribution >= 4 is 23.6 Å². The summed E-state index contributed by atoms with van der Waals surface area (Å²) in [4.78, 5) is 14.4. The fraction of sp³-hybridized carbons (Fsp3) is 0.0667. The summed E-state index contributed by atoms with van der Waals surface area (Å²) in [5.74, 6) is -0.449. The van der Waals surface area contributed by atoms with Gasteiger partial charge in [0.1, 0.15) is 12.4 Å². The number of pyridine rings is 1. The Morgan fingerprint density at radius 3 is 2.70 bits per heavy atom. The van der Waals surface area contributed by atoms with Gasteiger partial charge in [-0.3, -0.25) is 4.98 Å². The summed E-state index contributed by atoms with van der Waals surface area (Å²) in [7, 11) is 0. The van der Waals surface area contributed by atoms with E-state index in [1.165, 1.54) is 6.08 Å². The van der Waals surface area contributed by atoms with Crippen molar-refractivity contribution in [1.29, 1.82) is 0 Å². The van der Waals surface area contributed by atoms with Crippen molar-refractivity contribution in [2.24, 2.45) is 0 Å². The molecule has 102 valence electrons. The fourth-order valence-corrected chi connectivity index (χ4v) is 1.79. The molecule has 0 unspecified atom stereocenters. The number of hydrogen-bond donors (Lipinski definition) is 1. The number of aliphatic carboxylic acids is 1. The lowest BCUT2D eigenvalue weighted by Crippen LogP contribution is -1.96. The average molecular weight is 290 g/mol. The second-order valence-corrected chi connectivity index (χ2v) is 4.41. The summed E-state index contributed by atoms with van der Waals surface area (Å²) >= 11 is 6.09. The van der Waals surface area contributed by atoms with Crippen LogP contribution in [-0.4, -0.2) is 16.1 Å². The minimum Gasteiger partial charge on any atom is -0.487 e. The van der Waals surface area contributed by atoms with Gasteiger partial charge in [-0.05, 0) is 41.5 Å². The number of ether oxygens (including phenoxy) is 1. The Kier molecular flexibility index (Phi) is 4.74. The summed E-state index contributed by atoms with van der Waals surface area (Å²) in [5.41, 5.74) is 1.69. The molecule has 0 radical (unpaired) electrons. The monoisotopic (exact) mass is 289 g/mol. The fourth-order valence-electron chi connectivity index (χ4n) is 1.55. The lowest BCUT2D eigenvalue weighted by atomic mass is 10.2. The molecule has 1 heterocycles. The van der Waals surface area contributed by atoms with Gasteiger partial charge in [0.05, 0.1) is 5.02 Å². The zero-order chi connectivity index (χ0) is 14.4. The molecule has 0 spiro atoms.